The first-order valence-corrected chi connectivity index (χ1v) is 11.8. The number of rotatable bonds is 4. The molecule has 1 aromatic carbocycles. The SMILES string of the molecule is O=C1OCCN1c1ncc(-c2cnn3ccc(N4CC[C@H]5C[C@]54c4cc(F)ccc4F)nc23)s1. The van der Waals surface area contributed by atoms with Gasteiger partial charge in [-0.05, 0) is 43.0 Å². The summed E-state index contributed by atoms with van der Waals surface area (Å²) in [4.78, 5) is 25.6. The van der Waals surface area contributed by atoms with Crippen LogP contribution in [0.15, 0.2) is 42.9 Å². The van der Waals surface area contributed by atoms with Crippen LogP contribution in [0.2, 0.25) is 0 Å². The van der Waals surface area contributed by atoms with E-state index in [1.54, 1.807) is 16.9 Å². The number of benzene rings is 1. The Kier molecular flexibility index (Phi) is 4.06. The summed E-state index contributed by atoms with van der Waals surface area (Å²) in [7, 11) is 0. The van der Waals surface area contributed by atoms with Gasteiger partial charge in [0.15, 0.2) is 10.8 Å². The Morgan fingerprint density at radius 1 is 1.18 bits per heavy atom. The van der Waals surface area contributed by atoms with E-state index in [-0.39, 0.29) is 11.7 Å². The molecule has 7 rings (SSSR count). The van der Waals surface area contributed by atoms with Crippen molar-refractivity contribution in [1.82, 2.24) is 19.6 Å². The second-order valence-corrected chi connectivity index (χ2v) is 9.78. The van der Waals surface area contributed by atoms with Gasteiger partial charge in [-0.15, -0.1) is 0 Å². The minimum atomic E-state index is -0.564. The van der Waals surface area contributed by atoms with Crippen LogP contribution in [0.1, 0.15) is 18.4 Å². The molecule has 2 saturated heterocycles. The van der Waals surface area contributed by atoms with Gasteiger partial charge in [0.2, 0.25) is 0 Å². The van der Waals surface area contributed by atoms with E-state index in [0.717, 1.165) is 35.9 Å². The molecule has 5 heterocycles. The van der Waals surface area contributed by atoms with E-state index in [1.165, 1.54) is 28.4 Å². The standard InChI is InChI=1S/C23H18F2N6O2S/c24-14-1-2-17(25)16(9-14)23-10-13(23)3-5-30(23)19-4-6-31-20(28-19)15(11-27-31)18-12-26-21(34-18)29-7-8-33-22(29)32/h1-2,4,6,9,11-13H,3,5,7-8,10H2/t13-,23+/m0/s1. The quantitative estimate of drug-likeness (QED) is 0.436. The van der Waals surface area contributed by atoms with Gasteiger partial charge < -0.3 is 9.64 Å². The van der Waals surface area contributed by atoms with Crippen molar-refractivity contribution in [3.05, 3.63) is 60.1 Å². The highest BCUT2D eigenvalue weighted by atomic mass is 32.1. The lowest BCUT2D eigenvalue weighted by Gasteiger charge is -2.30. The van der Waals surface area contributed by atoms with Gasteiger partial charge in [-0.2, -0.15) is 5.10 Å². The van der Waals surface area contributed by atoms with Crippen LogP contribution < -0.4 is 9.80 Å². The third kappa shape index (κ3) is 2.73. The zero-order valence-electron chi connectivity index (χ0n) is 17.8. The molecular weight excluding hydrogens is 462 g/mol. The number of piperidine rings is 1. The van der Waals surface area contributed by atoms with E-state index in [1.807, 2.05) is 12.3 Å². The Bertz CT molecular complexity index is 1470. The fourth-order valence-corrected chi connectivity index (χ4v) is 6.30. The number of fused-ring (bicyclic) bond motifs is 2. The Labute approximate surface area is 196 Å². The Morgan fingerprint density at radius 3 is 2.91 bits per heavy atom. The predicted octanol–water partition coefficient (Wildman–Crippen LogP) is 4.21. The summed E-state index contributed by atoms with van der Waals surface area (Å²) < 4.78 is 35.5. The zero-order valence-corrected chi connectivity index (χ0v) is 18.6. The van der Waals surface area contributed by atoms with Crippen LogP contribution in [0, 0.1) is 17.6 Å². The molecule has 34 heavy (non-hydrogen) atoms. The van der Waals surface area contributed by atoms with Crippen molar-refractivity contribution in [3.8, 4) is 10.4 Å². The van der Waals surface area contributed by atoms with Crippen molar-refractivity contribution in [2.75, 3.05) is 29.5 Å². The molecule has 172 valence electrons. The fraction of sp³-hybridized carbons (Fsp3) is 0.304. The normalized spacial score (nSPS) is 23.6. The number of anilines is 2. The van der Waals surface area contributed by atoms with Gasteiger partial charge in [-0.1, -0.05) is 11.3 Å². The number of hydrogen-bond donors (Lipinski definition) is 0. The second-order valence-electron chi connectivity index (χ2n) is 8.78. The summed E-state index contributed by atoms with van der Waals surface area (Å²) in [5.41, 5.74) is 1.26. The maximum atomic E-state index is 14.8. The Balaban J connectivity index is 1.28. The lowest BCUT2D eigenvalue weighted by molar-refractivity contribution is 0.181. The molecule has 0 bridgehead atoms. The molecule has 3 aromatic heterocycles. The van der Waals surface area contributed by atoms with Crippen LogP contribution in [0.25, 0.3) is 16.1 Å². The number of hydrogen-bond acceptors (Lipinski definition) is 7. The number of carbonyl (C=O) groups is 1. The van der Waals surface area contributed by atoms with Crippen molar-refractivity contribution in [2.45, 2.75) is 18.4 Å². The van der Waals surface area contributed by atoms with Gasteiger partial charge in [0.1, 0.15) is 24.1 Å². The number of carbonyl (C=O) groups excluding carboxylic acids is 1. The molecule has 0 radical (unpaired) electrons. The molecule has 2 atom stereocenters. The first-order valence-electron chi connectivity index (χ1n) is 11.0. The smallest absolute Gasteiger partial charge is 0.416 e. The highest BCUT2D eigenvalue weighted by Crippen LogP contribution is 2.63. The topological polar surface area (TPSA) is 75.9 Å². The van der Waals surface area contributed by atoms with Crippen LogP contribution in [-0.2, 0) is 10.3 Å². The van der Waals surface area contributed by atoms with E-state index >= 15 is 0 Å². The highest BCUT2D eigenvalue weighted by Gasteiger charge is 2.64. The van der Waals surface area contributed by atoms with Crippen molar-refractivity contribution >= 4 is 34.0 Å². The number of halogens is 2. The van der Waals surface area contributed by atoms with E-state index in [9.17, 15) is 13.6 Å². The molecule has 1 amide bonds. The van der Waals surface area contributed by atoms with E-state index in [0.29, 0.717) is 35.3 Å². The van der Waals surface area contributed by atoms with Gasteiger partial charge in [0, 0.05) is 24.5 Å². The lowest BCUT2D eigenvalue weighted by Crippen LogP contribution is -2.34. The van der Waals surface area contributed by atoms with Gasteiger partial charge in [0.25, 0.3) is 0 Å². The Morgan fingerprint density at radius 2 is 2.09 bits per heavy atom. The van der Waals surface area contributed by atoms with Crippen LogP contribution in [0.3, 0.4) is 0 Å². The Hall–Kier alpha value is -3.60. The molecule has 8 nitrogen and oxygen atoms in total. The van der Waals surface area contributed by atoms with Crippen molar-refractivity contribution in [3.63, 3.8) is 0 Å². The van der Waals surface area contributed by atoms with E-state index in [2.05, 4.69) is 15.0 Å². The van der Waals surface area contributed by atoms with Crippen LogP contribution in [0.4, 0.5) is 24.5 Å². The van der Waals surface area contributed by atoms with Crippen LogP contribution in [0.5, 0.6) is 0 Å². The summed E-state index contributed by atoms with van der Waals surface area (Å²) in [5, 5.41) is 4.98. The van der Waals surface area contributed by atoms with Crippen molar-refractivity contribution < 1.29 is 18.3 Å². The molecular formula is C23H18F2N6O2S. The monoisotopic (exact) mass is 480 g/mol. The summed E-state index contributed by atoms with van der Waals surface area (Å²) in [6, 6.07) is 5.54. The van der Waals surface area contributed by atoms with Gasteiger partial charge in [-0.3, -0.25) is 0 Å². The van der Waals surface area contributed by atoms with Gasteiger partial charge in [-0.25, -0.2) is 33.0 Å². The minimum Gasteiger partial charge on any atom is -0.447 e. The fourth-order valence-electron chi connectivity index (χ4n) is 5.36. The number of amides is 1. The molecule has 2 aliphatic heterocycles. The van der Waals surface area contributed by atoms with E-state index < -0.39 is 17.4 Å². The van der Waals surface area contributed by atoms with Crippen LogP contribution in [-0.4, -0.2) is 45.4 Å². The zero-order chi connectivity index (χ0) is 23.0. The summed E-state index contributed by atoms with van der Waals surface area (Å²) >= 11 is 1.37. The van der Waals surface area contributed by atoms with Gasteiger partial charge in [0.05, 0.1) is 28.7 Å². The van der Waals surface area contributed by atoms with E-state index in [4.69, 9.17) is 9.72 Å². The third-order valence-electron chi connectivity index (χ3n) is 7.03. The first-order chi connectivity index (χ1) is 16.5. The van der Waals surface area contributed by atoms with Gasteiger partial charge >= 0.3 is 6.09 Å². The average molecular weight is 481 g/mol. The molecule has 0 spiro atoms. The molecule has 0 N–H and O–H groups in total. The number of nitrogens with zero attached hydrogens (tertiary/aromatic N) is 6. The number of cyclic esters (lactones) is 1. The highest BCUT2D eigenvalue weighted by molar-refractivity contribution is 7.19. The maximum Gasteiger partial charge on any atom is 0.416 e. The van der Waals surface area contributed by atoms with Crippen LogP contribution >= 0.6 is 11.3 Å². The predicted molar refractivity (Wildman–Crippen MR) is 121 cm³/mol. The summed E-state index contributed by atoms with van der Waals surface area (Å²) in [5.74, 6) is 0.147. The minimum absolute atomic E-state index is 0.274. The molecule has 1 aliphatic carbocycles. The lowest BCUT2D eigenvalue weighted by atomic mass is 10.0. The molecule has 4 aromatic rings. The molecule has 11 heteroatoms. The van der Waals surface area contributed by atoms with Crippen molar-refractivity contribution in [2.24, 2.45) is 5.92 Å². The first kappa shape index (κ1) is 19.8. The van der Waals surface area contributed by atoms with Crippen molar-refractivity contribution in [1.29, 1.82) is 0 Å². The summed E-state index contributed by atoms with van der Waals surface area (Å²) in [6.45, 7) is 1.53. The molecule has 0 unspecified atom stereocenters. The molecule has 1 saturated carbocycles. The molecule has 3 aliphatic rings. The number of ether oxygens (including phenoxy) is 1. The maximum absolute atomic E-state index is 14.8. The second kappa shape index (κ2) is 6.95. The largest absolute Gasteiger partial charge is 0.447 e. The molecule has 3 fully saturated rings. The average Bonchev–Trinajstić information content (AvgIpc) is 3.34. The summed E-state index contributed by atoms with van der Waals surface area (Å²) in [6.07, 6.45) is 6.52. The number of aromatic nitrogens is 4. The third-order valence-corrected chi connectivity index (χ3v) is 8.09. The number of thiazole rings is 1.